The van der Waals surface area contributed by atoms with Crippen molar-refractivity contribution in [3.8, 4) is 0 Å². The number of halogens is 1. The summed E-state index contributed by atoms with van der Waals surface area (Å²) in [6.45, 7) is 0.737. The van der Waals surface area contributed by atoms with Gasteiger partial charge < -0.3 is 5.11 Å². The maximum absolute atomic E-state index is 13.3. The van der Waals surface area contributed by atoms with Gasteiger partial charge in [-0.1, -0.05) is 47.5 Å². The molecule has 2 bridgehead atoms. The molecule has 0 radical (unpaired) electrons. The number of imide groups is 1. The fraction of sp³-hybridized carbons (Fsp3) is 0.385. The average molecular weight is 513 g/mol. The molecule has 1 N–H and O–H groups in total. The van der Waals surface area contributed by atoms with Gasteiger partial charge in [-0.15, -0.1) is 22.7 Å². The average Bonchev–Trinajstić information content (AvgIpc) is 3.55. The molecule has 4 aliphatic rings. The second kappa shape index (κ2) is 8.57. The number of amides is 2. The van der Waals surface area contributed by atoms with E-state index in [2.05, 4.69) is 34.6 Å². The Morgan fingerprint density at radius 1 is 1.06 bits per heavy atom. The largest absolute Gasteiger partial charge is 0.396 e. The van der Waals surface area contributed by atoms with Gasteiger partial charge in [-0.2, -0.15) is 0 Å². The molecule has 1 aromatic carbocycles. The summed E-state index contributed by atoms with van der Waals surface area (Å²) in [4.78, 5) is 32.6. The van der Waals surface area contributed by atoms with Crippen molar-refractivity contribution in [2.75, 3.05) is 13.7 Å². The summed E-state index contributed by atoms with van der Waals surface area (Å²) in [5, 5.41) is 13.4. The van der Waals surface area contributed by atoms with Crippen LogP contribution in [0.25, 0.3) is 10.1 Å². The highest BCUT2D eigenvalue weighted by molar-refractivity contribution is 7.19. The number of aliphatic hydroxyl groups excluding tert-OH is 1. The number of nitrogens with zero attached hydrogens (tertiary/aromatic N) is 2. The minimum Gasteiger partial charge on any atom is -0.396 e. The lowest BCUT2D eigenvalue weighted by atomic mass is 9.62. The lowest BCUT2D eigenvalue weighted by Crippen LogP contribution is -2.58. The Morgan fingerprint density at radius 2 is 1.85 bits per heavy atom. The number of benzene rings is 1. The first kappa shape index (κ1) is 22.4. The van der Waals surface area contributed by atoms with Crippen molar-refractivity contribution < 1.29 is 14.7 Å². The zero-order valence-corrected chi connectivity index (χ0v) is 21.1. The molecule has 2 amide bonds. The molecule has 3 aromatic rings. The highest BCUT2D eigenvalue weighted by Gasteiger charge is 2.63. The van der Waals surface area contributed by atoms with Gasteiger partial charge in [0.05, 0.1) is 22.9 Å². The van der Waals surface area contributed by atoms with Gasteiger partial charge in [0.25, 0.3) is 0 Å². The molecule has 1 aliphatic carbocycles. The summed E-state index contributed by atoms with van der Waals surface area (Å²) in [5.74, 6) is -0.956. The van der Waals surface area contributed by atoms with Crippen LogP contribution in [0.5, 0.6) is 0 Å². The number of aliphatic hydroxyl groups is 1. The van der Waals surface area contributed by atoms with Crippen molar-refractivity contribution >= 4 is 56.2 Å². The minimum absolute atomic E-state index is 0.00512. The minimum atomic E-state index is -0.371. The quantitative estimate of drug-likeness (QED) is 0.368. The number of thiophene rings is 2. The third kappa shape index (κ3) is 3.25. The number of rotatable bonds is 6. The van der Waals surface area contributed by atoms with E-state index in [9.17, 15) is 14.7 Å². The molecule has 34 heavy (non-hydrogen) atoms. The highest BCUT2D eigenvalue weighted by Crippen LogP contribution is 2.58. The third-order valence-corrected chi connectivity index (χ3v) is 10.3. The lowest BCUT2D eigenvalue weighted by Gasteiger charge is -2.54. The number of carbonyl (C=O) groups excluding carboxylic acids is 2. The summed E-state index contributed by atoms with van der Waals surface area (Å²) in [6.07, 6.45) is 3.62. The number of likely N-dealkylation sites (tertiary alicyclic amines) is 1. The van der Waals surface area contributed by atoms with Crippen LogP contribution in [-0.4, -0.2) is 46.4 Å². The van der Waals surface area contributed by atoms with E-state index in [1.807, 2.05) is 18.2 Å². The van der Waals surface area contributed by atoms with Gasteiger partial charge in [0, 0.05) is 52.0 Å². The van der Waals surface area contributed by atoms with Gasteiger partial charge in [0.15, 0.2) is 0 Å². The molecular weight excluding hydrogens is 488 g/mol. The predicted octanol–water partition coefficient (Wildman–Crippen LogP) is 5.10. The van der Waals surface area contributed by atoms with Crippen molar-refractivity contribution in [2.24, 2.45) is 17.8 Å². The molecule has 176 valence electrons. The summed E-state index contributed by atoms with van der Waals surface area (Å²) < 4.78 is 1.15. The summed E-state index contributed by atoms with van der Waals surface area (Å²) in [7, 11) is 1.61. The standard InChI is InChI=1S/C26H25ClN2O3S2/c1-28-25(31)21-16-12-14(6-4-10-30)20(22(21)26(28)32)24(18-9-5-11-33-18)29(16)13-19-23(27)15-7-2-3-8-17(15)34-19/h2-3,5,7-9,11-12,16,20-22,24,30H,4,6,10,13H2,1H3. The number of hydrogen-bond donors (Lipinski definition) is 1. The van der Waals surface area contributed by atoms with Gasteiger partial charge >= 0.3 is 0 Å². The monoisotopic (exact) mass is 512 g/mol. The fourth-order valence-electron chi connectivity index (χ4n) is 6.23. The maximum Gasteiger partial charge on any atom is 0.234 e. The Labute approximate surface area is 211 Å². The topological polar surface area (TPSA) is 60.9 Å². The van der Waals surface area contributed by atoms with Crippen LogP contribution in [0.2, 0.25) is 5.02 Å². The zero-order valence-electron chi connectivity index (χ0n) is 18.7. The van der Waals surface area contributed by atoms with Crippen LogP contribution in [-0.2, 0) is 16.1 Å². The first-order chi connectivity index (χ1) is 16.5. The molecule has 5 atom stereocenters. The molecule has 5 nitrogen and oxygen atoms in total. The Morgan fingerprint density at radius 3 is 2.59 bits per heavy atom. The number of carbonyl (C=O) groups is 2. The van der Waals surface area contributed by atoms with Crippen molar-refractivity contribution in [3.63, 3.8) is 0 Å². The molecule has 5 unspecified atom stereocenters. The Hall–Kier alpha value is -2.03. The predicted molar refractivity (Wildman–Crippen MR) is 136 cm³/mol. The molecule has 2 fully saturated rings. The second-order valence-electron chi connectivity index (χ2n) is 9.34. The summed E-state index contributed by atoms with van der Waals surface area (Å²) in [6, 6.07) is 12.2. The van der Waals surface area contributed by atoms with Crippen molar-refractivity contribution in [3.05, 3.63) is 68.2 Å². The second-order valence-corrected chi connectivity index (χ2v) is 11.8. The van der Waals surface area contributed by atoms with E-state index in [4.69, 9.17) is 11.6 Å². The van der Waals surface area contributed by atoms with Crippen LogP contribution in [0, 0.1) is 17.8 Å². The lowest BCUT2D eigenvalue weighted by molar-refractivity contribution is -0.138. The first-order valence-electron chi connectivity index (χ1n) is 11.6. The molecule has 0 spiro atoms. The molecule has 3 aliphatic heterocycles. The van der Waals surface area contributed by atoms with Crippen LogP contribution in [0.15, 0.2) is 53.4 Å². The Balaban J connectivity index is 1.48. The Kier molecular flexibility index (Phi) is 5.66. The van der Waals surface area contributed by atoms with E-state index >= 15 is 0 Å². The number of hydrogen-bond acceptors (Lipinski definition) is 6. The van der Waals surface area contributed by atoms with E-state index in [0.29, 0.717) is 13.0 Å². The summed E-state index contributed by atoms with van der Waals surface area (Å²) >= 11 is 10.2. The summed E-state index contributed by atoms with van der Waals surface area (Å²) in [5.41, 5.74) is 1.20. The first-order valence-corrected chi connectivity index (χ1v) is 13.7. The zero-order chi connectivity index (χ0) is 23.6. The van der Waals surface area contributed by atoms with Gasteiger partial charge in [-0.3, -0.25) is 19.4 Å². The van der Waals surface area contributed by atoms with Crippen LogP contribution in [0.4, 0.5) is 0 Å². The van der Waals surface area contributed by atoms with Crippen LogP contribution < -0.4 is 0 Å². The van der Waals surface area contributed by atoms with E-state index in [1.165, 1.54) is 15.4 Å². The molecule has 2 aromatic heterocycles. The molecule has 8 heteroatoms. The Bertz CT molecular complexity index is 1300. The number of piperidine rings is 1. The van der Waals surface area contributed by atoms with Crippen LogP contribution in [0.3, 0.4) is 0 Å². The smallest absolute Gasteiger partial charge is 0.234 e. The number of fused-ring (bicyclic) bond motifs is 2. The third-order valence-electron chi connectivity index (χ3n) is 7.65. The highest BCUT2D eigenvalue weighted by atomic mass is 35.5. The fourth-order valence-corrected chi connectivity index (χ4v) is 8.62. The molecular formula is C26H25ClN2O3S2. The molecule has 2 saturated heterocycles. The van der Waals surface area contributed by atoms with Crippen molar-refractivity contribution in [1.29, 1.82) is 0 Å². The molecule has 7 rings (SSSR count). The van der Waals surface area contributed by atoms with E-state index in [-0.39, 0.29) is 48.3 Å². The van der Waals surface area contributed by atoms with Crippen molar-refractivity contribution in [1.82, 2.24) is 9.80 Å². The van der Waals surface area contributed by atoms with E-state index < -0.39 is 0 Å². The van der Waals surface area contributed by atoms with Gasteiger partial charge in [-0.25, -0.2) is 0 Å². The normalized spacial score (nSPS) is 28.7. The maximum atomic E-state index is 13.3. The van der Waals surface area contributed by atoms with Gasteiger partial charge in [0.1, 0.15) is 0 Å². The van der Waals surface area contributed by atoms with Gasteiger partial charge in [0.2, 0.25) is 11.8 Å². The van der Waals surface area contributed by atoms with Gasteiger partial charge in [-0.05, 0) is 30.4 Å². The van der Waals surface area contributed by atoms with Crippen LogP contribution >= 0.6 is 34.3 Å². The van der Waals surface area contributed by atoms with Crippen LogP contribution in [0.1, 0.15) is 28.6 Å². The SMILES string of the molecule is CN1C(=O)C2C(C1=O)C1C=C(CCCO)C2C(c2cccs2)N1Cc1sc2ccccc2c1Cl. The van der Waals surface area contributed by atoms with E-state index in [1.54, 1.807) is 29.7 Å². The molecule has 0 saturated carbocycles. The van der Waals surface area contributed by atoms with E-state index in [0.717, 1.165) is 26.4 Å². The molecule has 5 heterocycles. The van der Waals surface area contributed by atoms with Crippen molar-refractivity contribution in [2.45, 2.75) is 31.5 Å².